The average Bonchev–Trinajstić information content (AvgIpc) is 3.96. The van der Waals surface area contributed by atoms with Crippen molar-refractivity contribution in [3.8, 4) is 16.8 Å². The number of benzene rings is 2. The van der Waals surface area contributed by atoms with Gasteiger partial charge in [0.25, 0.3) is 5.56 Å². The third kappa shape index (κ3) is 5.47. The van der Waals surface area contributed by atoms with Crippen LogP contribution in [0.4, 0.5) is 20.2 Å². The Morgan fingerprint density at radius 1 is 1.02 bits per heavy atom. The van der Waals surface area contributed by atoms with Crippen molar-refractivity contribution in [2.24, 2.45) is 0 Å². The van der Waals surface area contributed by atoms with Crippen LogP contribution in [0.1, 0.15) is 62.8 Å². The molecule has 3 aliphatic rings. The minimum absolute atomic E-state index is 0.0241. The van der Waals surface area contributed by atoms with E-state index in [-0.39, 0.29) is 74.9 Å². The van der Waals surface area contributed by atoms with Gasteiger partial charge < -0.3 is 15.5 Å². The number of sulfone groups is 1. The molecule has 256 valence electrons. The third-order valence-corrected chi connectivity index (χ3v) is 11.1. The number of aromatic nitrogens is 3. The van der Waals surface area contributed by atoms with Crippen molar-refractivity contribution in [3.63, 3.8) is 0 Å². The van der Waals surface area contributed by atoms with E-state index in [9.17, 15) is 13.2 Å². The number of anilines is 2. The van der Waals surface area contributed by atoms with E-state index in [1.54, 1.807) is 23.6 Å². The maximum atomic E-state index is 17.6. The van der Waals surface area contributed by atoms with E-state index < -0.39 is 44.0 Å². The smallest absolute Gasteiger partial charge is 0.276 e. The molecular formula is C35H35ClF2N6O4S. The highest BCUT2D eigenvalue weighted by atomic mass is 35.5. The van der Waals surface area contributed by atoms with Crippen molar-refractivity contribution in [2.45, 2.75) is 68.3 Å². The molecule has 2 aromatic carbocycles. The Bertz CT molecular complexity index is 2200. The van der Waals surface area contributed by atoms with Crippen LogP contribution in [-0.4, -0.2) is 65.2 Å². The van der Waals surface area contributed by atoms with E-state index in [0.29, 0.717) is 11.4 Å². The van der Waals surface area contributed by atoms with E-state index >= 15 is 13.6 Å². The summed E-state index contributed by atoms with van der Waals surface area (Å²) >= 11 is 6.83. The van der Waals surface area contributed by atoms with Gasteiger partial charge in [0.1, 0.15) is 12.1 Å². The molecule has 1 aliphatic heterocycles. The van der Waals surface area contributed by atoms with Crippen molar-refractivity contribution in [2.75, 3.05) is 30.0 Å². The summed E-state index contributed by atoms with van der Waals surface area (Å²) in [6.07, 6.45) is 6.71. The van der Waals surface area contributed by atoms with Gasteiger partial charge in [-0.2, -0.15) is 0 Å². The molecule has 4 aromatic rings. The molecule has 1 amide bonds. The van der Waals surface area contributed by atoms with Gasteiger partial charge in [-0.05, 0) is 63.8 Å². The highest BCUT2D eigenvalue weighted by molar-refractivity contribution is 7.90. The van der Waals surface area contributed by atoms with Crippen LogP contribution in [0.3, 0.4) is 0 Å². The number of amides is 1. The highest BCUT2D eigenvalue weighted by Crippen LogP contribution is 2.49. The first kappa shape index (κ1) is 33.2. The minimum Gasteiger partial charge on any atom is -0.398 e. The molecule has 2 saturated carbocycles. The molecule has 7 rings (SSSR count). The van der Waals surface area contributed by atoms with Crippen molar-refractivity contribution >= 4 is 49.6 Å². The summed E-state index contributed by atoms with van der Waals surface area (Å²) in [5.74, 6) is -2.24. The van der Waals surface area contributed by atoms with E-state index in [0.717, 1.165) is 42.6 Å². The number of carbonyl (C=O) groups excluding carboxylic acids is 1. The lowest BCUT2D eigenvalue weighted by atomic mass is 9.97. The quantitative estimate of drug-likeness (QED) is 0.190. The maximum absolute atomic E-state index is 17.6. The first-order valence-electron chi connectivity index (χ1n) is 16.1. The molecule has 49 heavy (non-hydrogen) atoms. The van der Waals surface area contributed by atoms with Gasteiger partial charge in [0.15, 0.2) is 20.5 Å². The molecule has 0 spiro atoms. The fourth-order valence-corrected chi connectivity index (χ4v) is 8.38. The molecule has 0 bridgehead atoms. The number of piperazine rings is 1. The van der Waals surface area contributed by atoms with Gasteiger partial charge in [0.05, 0.1) is 33.3 Å². The predicted molar refractivity (Wildman–Crippen MR) is 185 cm³/mol. The van der Waals surface area contributed by atoms with Crippen molar-refractivity contribution < 1.29 is 22.0 Å². The molecule has 3 heterocycles. The Labute approximate surface area is 287 Å². The Hall–Kier alpha value is -4.36. The number of nitrogen functional groups attached to an aromatic ring is 1. The first-order valence-corrected chi connectivity index (χ1v) is 18.4. The van der Waals surface area contributed by atoms with Crippen LogP contribution in [0.15, 0.2) is 52.9 Å². The number of nitrogens with zero attached hydrogens (tertiary/aromatic N) is 5. The van der Waals surface area contributed by atoms with E-state index in [1.807, 2.05) is 0 Å². The summed E-state index contributed by atoms with van der Waals surface area (Å²) in [4.78, 5) is 39.6. The average molecular weight is 709 g/mol. The Morgan fingerprint density at radius 3 is 2.20 bits per heavy atom. The topological polar surface area (TPSA) is 131 Å². The fourth-order valence-electron chi connectivity index (χ4n) is 7.11. The standard InChI is InChI=1S/C35H35ClF2N6O4S/c1-5-25(45)42-14-18(3)43(15-17(42)2)32-21-13-22(36)26(27-23(37)7-6-8-24(27)39)28(38)31(21)44(35(46)34(32)49(4,47)48)33-29(19-9-10-19)40-16-41-30(33)20-11-12-20/h5-8,13,16-20H,1,9-12,14-15,39H2,2-4H3/t17-,18+/m1/s1. The zero-order chi connectivity index (χ0) is 35.1. The second-order valence-corrected chi connectivity index (χ2v) is 15.7. The summed E-state index contributed by atoms with van der Waals surface area (Å²) in [6, 6.07) is 4.35. The lowest BCUT2D eigenvalue weighted by Crippen LogP contribution is -2.58. The number of nitrogens with two attached hydrogens (primary N) is 1. The first-order chi connectivity index (χ1) is 23.2. The van der Waals surface area contributed by atoms with Crippen molar-refractivity contribution in [1.29, 1.82) is 0 Å². The zero-order valence-electron chi connectivity index (χ0n) is 27.2. The molecule has 0 radical (unpaired) electrons. The van der Waals surface area contributed by atoms with Crippen LogP contribution in [0.5, 0.6) is 0 Å². The highest BCUT2D eigenvalue weighted by Gasteiger charge is 2.41. The summed E-state index contributed by atoms with van der Waals surface area (Å²) in [6.45, 7) is 7.45. The normalized spacial score (nSPS) is 19.8. The minimum atomic E-state index is -4.31. The van der Waals surface area contributed by atoms with Gasteiger partial charge in [-0.1, -0.05) is 24.2 Å². The van der Waals surface area contributed by atoms with Crippen LogP contribution in [-0.2, 0) is 14.6 Å². The van der Waals surface area contributed by atoms with Gasteiger partial charge in [-0.25, -0.2) is 27.2 Å². The second-order valence-electron chi connectivity index (χ2n) is 13.3. The van der Waals surface area contributed by atoms with Crippen LogP contribution in [0.2, 0.25) is 5.02 Å². The lowest BCUT2D eigenvalue weighted by Gasteiger charge is -2.45. The van der Waals surface area contributed by atoms with Crippen LogP contribution in [0, 0.1) is 11.6 Å². The molecular weight excluding hydrogens is 674 g/mol. The number of carbonyl (C=O) groups is 1. The molecule has 0 unspecified atom stereocenters. The van der Waals surface area contributed by atoms with E-state index in [2.05, 4.69) is 16.5 Å². The molecule has 2 N–H and O–H groups in total. The summed E-state index contributed by atoms with van der Waals surface area (Å²) in [7, 11) is -4.31. The van der Waals surface area contributed by atoms with Gasteiger partial charge in [-0.3, -0.25) is 14.2 Å². The SMILES string of the molecule is C=CC(=O)N1C[C@H](C)N(c2c(S(C)(=O)=O)c(=O)n(-c3c(C4CC4)ncnc3C3CC3)c3c(F)c(-c4c(N)cccc4F)c(Cl)cc23)C[C@H]1C. The number of fused-ring (bicyclic) bond motifs is 1. The monoisotopic (exact) mass is 708 g/mol. The Balaban J connectivity index is 1.66. The zero-order valence-corrected chi connectivity index (χ0v) is 28.8. The number of halogens is 3. The summed E-state index contributed by atoms with van der Waals surface area (Å²) in [5, 5.41) is -0.209. The Morgan fingerprint density at radius 2 is 1.65 bits per heavy atom. The van der Waals surface area contributed by atoms with Crippen LogP contribution < -0.4 is 16.2 Å². The number of pyridine rings is 1. The molecule has 14 heteroatoms. The van der Waals surface area contributed by atoms with E-state index in [4.69, 9.17) is 17.3 Å². The molecule has 3 fully saturated rings. The number of hydrogen-bond acceptors (Lipinski definition) is 8. The Kier molecular flexibility index (Phi) is 8.05. The van der Waals surface area contributed by atoms with Gasteiger partial charge in [0, 0.05) is 65.5 Å². The fraction of sp³-hybridized carbons (Fsp3) is 0.371. The lowest BCUT2D eigenvalue weighted by molar-refractivity contribution is -0.128. The molecule has 2 atom stereocenters. The van der Waals surface area contributed by atoms with Crippen LogP contribution >= 0.6 is 11.6 Å². The van der Waals surface area contributed by atoms with Crippen LogP contribution in [0.25, 0.3) is 27.7 Å². The molecule has 10 nitrogen and oxygen atoms in total. The molecule has 2 aromatic heterocycles. The molecule has 2 aliphatic carbocycles. The van der Waals surface area contributed by atoms with Gasteiger partial charge in [0.2, 0.25) is 5.91 Å². The summed E-state index contributed by atoms with van der Waals surface area (Å²) < 4.78 is 61.8. The maximum Gasteiger partial charge on any atom is 0.276 e. The van der Waals surface area contributed by atoms with Gasteiger partial charge in [-0.15, -0.1) is 0 Å². The third-order valence-electron chi connectivity index (χ3n) is 9.71. The number of rotatable bonds is 7. The van der Waals surface area contributed by atoms with Crippen molar-refractivity contribution in [1.82, 2.24) is 19.4 Å². The second kappa shape index (κ2) is 11.9. The van der Waals surface area contributed by atoms with Crippen molar-refractivity contribution in [3.05, 3.63) is 81.6 Å². The summed E-state index contributed by atoms with van der Waals surface area (Å²) in [5.41, 5.74) is 5.43. The van der Waals surface area contributed by atoms with E-state index in [1.165, 1.54) is 30.6 Å². The predicted octanol–water partition coefficient (Wildman–Crippen LogP) is 5.73. The molecule has 1 saturated heterocycles. The number of hydrogen-bond donors (Lipinski definition) is 1. The van der Waals surface area contributed by atoms with Gasteiger partial charge >= 0.3 is 0 Å². The largest absolute Gasteiger partial charge is 0.398 e.